The van der Waals surface area contributed by atoms with E-state index in [0.717, 1.165) is 0 Å². The molecule has 0 atom stereocenters. The summed E-state index contributed by atoms with van der Waals surface area (Å²) in [5, 5.41) is 13.4. The minimum atomic E-state index is -0.484. The van der Waals surface area contributed by atoms with Crippen LogP contribution in [0, 0.1) is 16.0 Å². The number of fused-ring (bicyclic) bond motifs is 1. The van der Waals surface area contributed by atoms with Gasteiger partial charge in [0, 0.05) is 29.3 Å². The Balaban J connectivity index is 1.27. The van der Waals surface area contributed by atoms with Gasteiger partial charge in [-0.25, -0.2) is 0 Å². The van der Waals surface area contributed by atoms with Crippen molar-refractivity contribution in [2.75, 3.05) is 38.2 Å². The Bertz CT molecular complexity index is 983. The number of anilines is 1. The largest absolute Gasteiger partial charge is 0.486 e. The Hall–Kier alpha value is -3.46. The standard InChI is InChI=1S/C22H23N3O6/c26-21(23-17-2-4-18(5-3-17)25(28)29)14-24-9-7-15(8-10-24)22(27)16-1-6-19-20(13-16)31-12-11-30-19/h1-6,13,15H,7-12,14H2,(H,23,26). The lowest BCUT2D eigenvalue weighted by molar-refractivity contribution is -0.384. The fourth-order valence-electron chi connectivity index (χ4n) is 3.86. The number of benzene rings is 2. The van der Waals surface area contributed by atoms with Crippen molar-refractivity contribution >= 4 is 23.1 Å². The fourth-order valence-corrected chi connectivity index (χ4v) is 3.86. The van der Waals surface area contributed by atoms with Gasteiger partial charge < -0.3 is 14.8 Å². The molecule has 2 aliphatic heterocycles. The number of nitrogens with zero attached hydrogens (tertiary/aromatic N) is 2. The highest BCUT2D eigenvalue weighted by Gasteiger charge is 2.27. The number of nitro benzene ring substituents is 1. The van der Waals surface area contributed by atoms with E-state index in [1.807, 2.05) is 4.90 Å². The van der Waals surface area contributed by atoms with Gasteiger partial charge in [-0.05, 0) is 56.3 Å². The number of piperidine rings is 1. The number of nitrogens with one attached hydrogen (secondary N) is 1. The molecule has 0 radical (unpaired) electrons. The first-order valence-electron chi connectivity index (χ1n) is 10.2. The zero-order valence-corrected chi connectivity index (χ0v) is 16.9. The monoisotopic (exact) mass is 425 g/mol. The van der Waals surface area contributed by atoms with Crippen molar-refractivity contribution < 1.29 is 24.0 Å². The van der Waals surface area contributed by atoms with E-state index in [1.165, 1.54) is 24.3 Å². The molecule has 31 heavy (non-hydrogen) atoms. The van der Waals surface area contributed by atoms with Crippen LogP contribution in [-0.2, 0) is 4.79 Å². The van der Waals surface area contributed by atoms with E-state index in [4.69, 9.17) is 9.47 Å². The molecule has 9 nitrogen and oxygen atoms in total. The number of likely N-dealkylation sites (tertiary alicyclic amines) is 1. The molecular formula is C22H23N3O6. The van der Waals surface area contributed by atoms with Crippen molar-refractivity contribution in [3.05, 3.63) is 58.1 Å². The molecule has 0 spiro atoms. The van der Waals surface area contributed by atoms with E-state index in [9.17, 15) is 19.7 Å². The molecule has 9 heteroatoms. The number of rotatable bonds is 6. The molecule has 0 unspecified atom stereocenters. The smallest absolute Gasteiger partial charge is 0.269 e. The molecule has 2 aromatic carbocycles. The lowest BCUT2D eigenvalue weighted by Gasteiger charge is -2.30. The first kappa shape index (κ1) is 20.8. The van der Waals surface area contributed by atoms with Gasteiger partial charge in [0.25, 0.3) is 5.69 Å². The Kier molecular flexibility index (Phi) is 6.13. The second-order valence-corrected chi connectivity index (χ2v) is 7.63. The van der Waals surface area contributed by atoms with Crippen molar-refractivity contribution in [3.8, 4) is 11.5 Å². The maximum Gasteiger partial charge on any atom is 0.269 e. The lowest BCUT2D eigenvalue weighted by Crippen LogP contribution is -2.40. The number of ether oxygens (including phenoxy) is 2. The van der Waals surface area contributed by atoms with Gasteiger partial charge in [-0.2, -0.15) is 0 Å². The molecular weight excluding hydrogens is 402 g/mol. The third-order valence-corrected chi connectivity index (χ3v) is 5.51. The van der Waals surface area contributed by atoms with Crippen LogP contribution >= 0.6 is 0 Å². The third-order valence-electron chi connectivity index (χ3n) is 5.51. The number of hydrogen-bond donors (Lipinski definition) is 1. The van der Waals surface area contributed by atoms with Crippen LogP contribution in [0.3, 0.4) is 0 Å². The average Bonchev–Trinajstić information content (AvgIpc) is 2.79. The summed E-state index contributed by atoms with van der Waals surface area (Å²) in [5.41, 5.74) is 1.11. The first-order chi connectivity index (χ1) is 15.0. The Morgan fingerprint density at radius 3 is 2.39 bits per heavy atom. The number of carbonyl (C=O) groups excluding carboxylic acids is 2. The molecule has 0 saturated carbocycles. The van der Waals surface area contributed by atoms with Crippen molar-refractivity contribution in [1.82, 2.24) is 4.90 Å². The summed E-state index contributed by atoms with van der Waals surface area (Å²) in [6.07, 6.45) is 1.36. The minimum Gasteiger partial charge on any atom is -0.486 e. The molecule has 0 aromatic heterocycles. The summed E-state index contributed by atoms with van der Waals surface area (Å²) in [4.78, 5) is 37.4. The summed E-state index contributed by atoms with van der Waals surface area (Å²) < 4.78 is 11.1. The van der Waals surface area contributed by atoms with Gasteiger partial charge in [-0.15, -0.1) is 0 Å². The Morgan fingerprint density at radius 1 is 1.03 bits per heavy atom. The van der Waals surface area contributed by atoms with E-state index in [2.05, 4.69) is 5.32 Å². The van der Waals surface area contributed by atoms with Gasteiger partial charge in [0.15, 0.2) is 17.3 Å². The quantitative estimate of drug-likeness (QED) is 0.430. The Morgan fingerprint density at radius 2 is 1.71 bits per heavy atom. The number of non-ortho nitro benzene ring substituents is 1. The summed E-state index contributed by atoms with van der Waals surface area (Å²) in [7, 11) is 0. The van der Waals surface area contributed by atoms with E-state index < -0.39 is 4.92 Å². The first-order valence-corrected chi connectivity index (χ1v) is 10.2. The summed E-state index contributed by atoms with van der Waals surface area (Å²) in [5.74, 6) is 1.09. The van der Waals surface area contributed by atoms with E-state index in [-0.39, 0.29) is 29.8 Å². The summed E-state index contributed by atoms with van der Waals surface area (Å²) >= 11 is 0. The van der Waals surface area contributed by atoms with Crippen molar-refractivity contribution in [2.24, 2.45) is 5.92 Å². The number of hydrogen-bond acceptors (Lipinski definition) is 7. The number of Topliss-reactive ketones (excluding diaryl/α,β-unsaturated/α-hetero) is 1. The van der Waals surface area contributed by atoms with Crippen LogP contribution in [0.4, 0.5) is 11.4 Å². The molecule has 2 aliphatic rings. The number of ketones is 1. The number of carbonyl (C=O) groups is 2. The average molecular weight is 425 g/mol. The molecule has 4 rings (SSSR count). The highest BCUT2D eigenvalue weighted by atomic mass is 16.6. The van der Waals surface area contributed by atoms with Crippen LogP contribution in [0.25, 0.3) is 0 Å². The molecule has 162 valence electrons. The predicted octanol–water partition coefficient (Wildman–Crippen LogP) is 2.90. The zero-order valence-electron chi connectivity index (χ0n) is 16.9. The van der Waals surface area contributed by atoms with Gasteiger partial charge in [0.2, 0.25) is 5.91 Å². The molecule has 2 heterocycles. The minimum absolute atomic E-state index is 0.0252. The van der Waals surface area contributed by atoms with Crippen molar-refractivity contribution in [3.63, 3.8) is 0 Å². The van der Waals surface area contributed by atoms with Crippen LogP contribution in [-0.4, -0.2) is 54.4 Å². The second kappa shape index (κ2) is 9.13. The highest BCUT2D eigenvalue weighted by Crippen LogP contribution is 2.32. The predicted molar refractivity (Wildman–Crippen MR) is 113 cm³/mol. The summed E-state index contributed by atoms with van der Waals surface area (Å²) in [6.45, 7) is 2.49. The SMILES string of the molecule is O=C(CN1CCC(C(=O)c2ccc3c(c2)OCCO3)CC1)Nc1ccc([N+](=O)[O-])cc1. The van der Waals surface area contributed by atoms with Crippen molar-refractivity contribution in [2.45, 2.75) is 12.8 Å². The van der Waals surface area contributed by atoms with Crippen LogP contribution < -0.4 is 14.8 Å². The number of nitro groups is 1. The summed E-state index contributed by atoms with van der Waals surface area (Å²) in [6, 6.07) is 11.0. The van der Waals surface area contributed by atoms with E-state index >= 15 is 0 Å². The third kappa shape index (κ3) is 5.00. The van der Waals surface area contributed by atoms with Crippen molar-refractivity contribution in [1.29, 1.82) is 0 Å². The molecule has 1 fully saturated rings. The van der Waals surface area contributed by atoms with Crippen LogP contribution in [0.5, 0.6) is 11.5 Å². The molecule has 0 bridgehead atoms. The van der Waals surface area contributed by atoms with Crippen LogP contribution in [0.2, 0.25) is 0 Å². The van der Waals surface area contributed by atoms with Gasteiger partial charge in [-0.3, -0.25) is 24.6 Å². The maximum atomic E-state index is 12.9. The maximum absolute atomic E-state index is 12.9. The zero-order chi connectivity index (χ0) is 21.8. The molecule has 1 saturated heterocycles. The molecule has 1 N–H and O–H groups in total. The van der Waals surface area contributed by atoms with Gasteiger partial charge in [0.05, 0.1) is 11.5 Å². The fraction of sp³-hybridized carbons (Fsp3) is 0.364. The Labute approximate surface area is 179 Å². The molecule has 1 amide bonds. The van der Waals surface area contributed by atoms with E-state index in [0.29, 0.717) is 61.9 Å². The van der Waals surface area contributed by atoms with Crippen LogP contribution in [0.15, 0.2) is 42.5 Å². The highest BCUT2D eigenvalue weighted by molar-refractivity contribution is 5.98. The topological polar surface area (TPSA) is 111 Å². The van der Waals surface area contributed by atoms with Gasteiger partial charge in [-0.1, -0.05) is 0 Å². The normalized spacial score (nSPS) is 16.5. The van der Waals surface area contributed by atoms with E-state index in [1.54, 1.807) is 18.2 Å². The lowest BCUT2D eigenvalue weighted by atomic mass is 9.88. The number of amides is 1. The molecule has 0 aliphatic carbocycles. The van der Waals surface area contributed by atoms with Gasteiger partial charge in [0.1, 0.15) is 13.2 Å². The molecule has 2 aromatic rings. The van der Waals surface area contributed by atoms with Gasteiger partial charge >= 0.3 is 0 Å². The van der Waals surface area contributed by atoms with Crippen LogP contribution in [0.1, 0.15) is 23.2 Å². The second-order valence-electron chi connectivity index (χ2n) is 7.63.